The summed E-state index contributed by atoms with van der Waals surface area (Å²) in [6, 6.07) is 0. The number of carbonyl (C=O) groups excluding carboxylic acids is 4. The van der Waals surface area contributed by atoms with Crippen LogP contribution in [0.5, 0.6) is 0 Å². The topological polar surface area (TPSA) is 107 Å². The van der Waals surface area contributed by atoms with E-state index in [1.807, 2.05) is 0 Å². The van der Waals surface area contributed by atoms with Crippen molar-refractivity contribution in [3.05, 3.63) is 12.2 Å². The largest absolute Gasteiger partial charge is 0.370 e. The molecule has 7 heteroatoms. The molecule has 16 heavy (non-hydrogen) atoms. The van der Waals surface area contributed by atoms with Gasteiger partial charge in [0.1, 0.15) is 0 Å². The molecule has 0 aromatic carbocycles. The third kappa shape index (κ3) is 3.19. The number of carbonyl (C=O) groups is 4. The molecule has 0 saturated carbocycles. The van der Waals surface area contributed by atoms with Crippen LogP contribution in [0.3, 0.4) is 0 Å². The second kappa shape index (κ2) is 5.06. The average Bonchev–Trinajstić information content (AvgIpc) is 2.49. The molecule has 0 atom stereocenters. The molecular formula is C9H10N2O5. The third-order valence-corrected chi connectivity index (χ3v) is 1.77. The van der Waals surface area contributed by atoms with Crippen LogP contribution in [0.4, 0.5) is 0 Å². The molecule has 1 aliphatic heterocycles. The van der Waals surface area contributed by atoms with Crippen LogP contribution in [0.25, 0.3) is 0 Å². The first-order chi connectivity index (χ1) is 7.50. The van der Waals surface area contributed by atoms with Crippen LogP contribution in [0.1, 0.15) is 19.3 Å². The number of rotatable bonds is 5. The summed E-state index contributed by atoms with van der Waals surface area (Å²) in [7, 11) is 0. The Bertz CT molecular complexity index is 356. The number of imide groups is 1. The van der Waals surface area contributed by atoms with E-state index < -0.39 is 23.7 Å². The second-order valence-electron chi connectivity index (χ2n) is 3.09. The van der Waals surface area contributed by atoms with E-state index in [9.17, 15) is 19.2 Å². The average molecular weight is 226 g/mol. The number of hydroxylamine groups is 2. The van der Waals surface area contributed by atoms with E-state index in [1.54, 1.807) is 0 Å². The van der Waals surface area contributed by atoms with Crippen LogP contribution in [0, 0.1) is 0 Å². The van der Waals surface area contributed by atoms with E-state index in [-0.39, 0.29) is 19.3 Å². The highest BCUT2D eigenvalue weighted by atomic mass is 16.7. The minimum atomic E-state index is -0.758. The van der Waals surface area contributed by atoms with Crippen molar-refractivity contribution in [2.45, 2.75) is 19.3 Å². The van der Waals surface area contributed by atoms with Crippen molar-refractivity contribution in [2.75, 3.05) is 0 Å². The van der Waals surface area contributed by atoms with Gasteiger partial charge in [-0.2, -0.15) is 0 Å². The summed E-state index contributed by atoms with van der Waals surface area (Å²) >= 11 is 0. The number of amides is 3. The number of primary amides is 1. The molecular weight excluding hydrogens is 216 g/mol. The second-order valence-corrected chi connectivity index (χ2v) is 3.09. The lowest BCUT2D eigenvalue weighted by Gasteiger charge is -2.11. The van der Waals surface area contributed by atoms with Crippen molar-refractivity contribution in [2.24, 2.45) is 5.73 Å². The van der Waals surface area contributed by atoms with Crippen molar-refractivity contribution in [3.63, 3.8) is 0 Å². The van der Waals surface area contributed by atoms with Gasteiger partial charge < -0.3 is 10.6 Å². The van der Waals surface area contributed by atoms with Crippen LogP contribution in [-0.4, -0.2) is 28.8 Å². The summed E-state index contributed by atoms with van der Waals surface area (Å²) in [5, 5.41) is 0.368. The van der Waals surface area contributed by atoms with Gasteiger partial charge in [-0.05, 0) is 6.42 Å². The van der Waals surface area contributed by atoms with Crippen molar-refractivity contribution in [3.8, 4) is 0 Å². The number of nitrogens with zero attached hydrogens (tertiary/aromatic N) is 1. The van der Waals surface area contributed by atoms with E-state index >= 15 is 0 Å². The first kappa shape index (κ1) is 11.9. The normalized spacial score (nSPS) is 14.4. The Labute approximate surface area is 90.8 Å². The van der Waals surface area contributed by atoms with Crippen LogP contribution in [0.15, 0.2) is 12.2 Å². The number of hydrogen-bond acceptors (Lipinski definition) is 5. The van der Waals surface area contributed by atoms with E-state index in [0.717, 1.165) is 12.2 Å². The maximum Gasteiger partial charge on any atom is 0.333 e. The number of nitrogens with two attached hydrogens (primary N) is 1. The summed E-state index contributed by atoms with van der Waals surface area (Å²) in [4.78, 5) is 47.9. The van der Waals surface area contributed by atoms with Gasteiger partial charge in [-0.25, -0.2) is 4.79 Å². The molecule has 0 bridgehead atoms. The lowest BCUT2D eigenvalue weighted by molar-refractivity contribution is -0.196. The lowest BCUT2D eigenvalue weighted by atomic mass is 10.2. The summed E-state index contributed by atoms with van der Waals surface area (Å²) in [6.07, 6.45) is 2.19. The first-order valence-electron chi connectivity index (χ1n) is 4.56. The third-order valence-electron chi connectivity index (χ3n) is 1.77. The monoisotopic (exact) mass is 226 g/mol. The molecule has 3 amide bonds. The molecule has 7 nitrogen and oxygen atoms in total. The van der Waals surface area contributed by atoms with Crippen LogP contribution >= 0.6 is 0 Å². The minimum absolute atomic E-state index is 0.0508. The zero-order chi connectivity index (χ0) is 12.1. The van der Waals surface area contributed by atoms with Gasteiger partial charge in [0.2, 0.25) is 5.91 Å². The standard InChI is InChI=1S/C9H10N2O5/c10-6(12)2-1-3-9(15)16-11-7(13)4-5-8(11)14/h4-5H,1-3H2,(H2,10,12). The van der Waals surface area contributed by atoms with Crippen LogP contribution in [0.2, 0.25) is 0 Å². The maximum absolute atomic E-state index is 11.1. The molecule has 0 spiro atoms. The smallest absolute Gasteiger partial charge is 0.333 e. The van der Waals surface area contributed by atoms with E-state index in [4.69, 9.17) is 5.73 Å². The van der Waals surface area contributed by atoms with Gasteiger partial charge in [-0.3, -0.25) is 14.4 Å². The van der Waals surface area contributed by atoms with E-state index in [1.165, 1.54) is 0 Å². The molecule has 0 fully saturated rings. The highest BCUT2D eigenvalue weighted by Crippen LogP contribution is 2.06. The van der Waals surface area contributed by atoms with Crippen molar-refractivity contribution < 1.29 is 24.0 Å². The van der Waals surface area contributed by atoms with Gasteiger partial charge >= 0.3 is 5.97 Å². The fraction of sp³-hybridized carbons (Fsp3) is 0.333. The molecule has 0 saturated heterocycles. The Morgan fingerprint density at radius 2 is 1.75 bits per heavy atom. The minimum Gasteiger partial charge on any atom is -0.370 e. The fourth-order valence-electron chi connectivity index (χ4n) is 1.03. The number of hydrogen-bond donors (Lipinski definition) is 1. The molecule has 0 aromatic rings. The van der Waals surface area contributed by atoms with Crippen molar-refractivity contribution in [1.82, 2.24) is 5.06 Å². The summed E-state index contributed by atoms with van der Waals surface area (Å²) in [5.41, 5.74) is 4.87. The molecule has 2 N–H and O–H groups in total. The lowest BCUT2D eigenvalue weighted by Crippen LogP contribution is -2.32. The Morgan fingerprint density at radius 3 is 2.25 bits per heavy atom. The fourth-order valence-corrected chi connectivity index (χ4v) is 1.03. The van der Waals surface area contributed by atoms with E-state index in [0.29, 0.717) is 5.06 Å². The highest BCUT2D eigenvalue weighted by Gasteiger charge is 2.27. The van der Waals surface area contributed by atoms with Crippen LogP contribution < -0.4 is 5.73 Å². The molecule has 0 aromatic heterocycles. The first-order valence-corrected chi connectivity index (χ1v) is 4.56. The van der Waals surface area contributed by atoms with Crippen LogP contribution in [-0.2, 0) is 24.0 Å². The SMILES string of the molecule is NC(=O)CCCC(=O)ON1C(=O)C=CC1=O. The van der Waals surface area contributed by atoms with E-state index in [2.05, 4.69) is 4.84 Å². The highest BCUT2D eigenvalue weighted by molar-refractivity contribution is 6.12. The molecule has 0 unspecified atom stereocenters. The van der Waals surface area contributed by atoms with Gasteiger partial charge in [0.25, 0.3) is 11.8 Å². The summed E-state index contributed by atoms with van der Waals surface area (Å²) in [6.45, 7) is 0. The molecule has 1 rings (SSSR count). The molecule has 0 radical (unpaired) electrons. The Kier molecular flexibility index (Phi) is 3.76. The molecule has 1 heterocycles. The summed E-state index contributed by atoms with van der Waals surface area (Å²) < 4.78 is 0. The van der Waals surface area contributed by atoms with Gasteiger partial charge in [-0.15, -0.1) is 0 Å². The van der Waals surface area contributed by atoms with Gasteiger partial charge in [-0.1, -0.05) is 5.06 Å². The zero-order valence-corrected chi connectivity index (χ0v) is 8.34. The van der Waals surface area contributed by atoms with Crippen molar-refractivity contribution in [1.29, 1.82) is 0 Å². The predicted octanol–water partition coefficient (Wildman–Crippen LogP) is -0.975. The van der Waals surface area contributed by atoms with Gasteiger partial charge in [0.15, 0.2) is 0 Å². The maximum atomic E-state index is 11.1. The molecule has 1 aliphatic rings. The molecule has 0 aliphatic carbocycles. The Morgan fingerprint density at radius 1 is 1.19 bits per heavy atom. The van der Waals surface area contributed by atoms with Gasteiger partial charge in [0.05, 0.1) is 0 Å². The Balaban J connectivity index is 2.32. The quantitative estimate of drug-likeness (QED) is 0.606. The Hall–Kier alpha value is -2.18. The summed E-state index contributed by atoms with van der Waals surface area (Å²) in [5.74, 6) is -2.68. The zero-order valence-electron chi connectivity index (χ0n) is 8.34. The molecule has 86 valence electrons. The van der Waals surface area contributed by atoms with Gasteiger partial charge in [0, 0.05) is 25.0 Å². The predicted molar refractivity (Wildman–Crippen MR) is 50.1 cm³/mol. The van der Waals surface area contributed by atoms with Crippen molar-refractivity contribution >= 4 is 23.7 Å².